The van der Waals surface area contributed by atoms with E-state index in [4.69, 9.17) is 5.11 Å². The number of rotatable bonds is 4. The van der Waals surface area contributed by atoms with E-state index in [1.807, 2.05) is 12.1 Å². The van der Waals surface area contributed by atoms with E-state index in [9.17, 15) is 9.59 Å². The molecule has 2 amide bonds. The first kappa shape index (κ1) is 13.8. The van der Waals surface area contributed by atoms with Crippen LogP contribution in [0.4, 0.5) is 10.5 Å². The van der Waals surface area contributed by atoms with Crippen LogP contribution in [0.2, 0.25) is 0 Å². The number of anilines is 1. The molecule has 0 aliphatic heterocycles. The van der Waals surface area contributed by atoms with Crippen molar-refractivity contribution in [2.24, 2.45) is 0 Å². The molecule has 17 heavy (non-hydrogen) atoms. The van der Waals surface area contributed by atoms with Crippen LogP contribution in [0.5, 0.6) is 0 Å². The van der Waals surface area contributed by atoms with Crippen molar-refractivity contribution in [1.82, 2.24) is 5.32 Å². The van der Waals surface area contributed by atoms with Gasteiger partial charge < -0.3 is 15.7 Å². The highest BCUT2D eigenvalue weighted by molar-refractivity contribution is 14.1. The SMILES string of the molecule is CC[C@@H](NC(=O)Nc1cccc(I)c1)C(=O)O. The molecule has 1 rings (SSSR count). The number of amides is 2. The largest absolute Gasteiger partial charge is 0.480 e. The lowest BCUT2D eigenvalue weighted by Gasteiger charge is -2.13. The topological polar surface area (TPSA) is 78.4 Å². The fourth-order valence-electron chi connectivity index (χ4n) is 1.23. The van der Waals surface area contributed by atoms with Crippen molar-refractivity contribution in [1.29, 1.82) is 0 Å². The highest BCUT2D eigenvalue weighted by Crippen LogP contribution is 2.12. The van der Waals surface area contributed by atoms with Gasteiger partial charge in [-0.25, -0.2) is 9.59 Å². The minimum absolute atomic E-state index is 0.342. The van der Waals surface area contributed by atoms with Crippen molar-refractivity contribution in [2.75, 3.05) is 5.32 Å². The molecule has 6 heteroatoms. The number of carboxylic acids is 1. The first-order chi connectivity index (χ1) is 8.02. The first-order valence-corrected chi connectivity index (χ1v) is 6.16. The second-order valence-corrected chi connectivity index (χ2v) is 4.65. The van der Waals surface area contributed by atoms with E-state index in [1.165, 1.54) is 0 Å². The van der Waals surface area contributed by atoms with Gasteiger partial charge >= 0.3 is 12.0 Å². The van der Waals surface area contributed by atoms with E-state index < -0.39 is 18.0 Å². The van der Waals surface area contributed by atoms with E-state index in [2.05, 4.69) is 33.2 Å². The Hall–Kier alpha value is -1.31. The third-order valence-electron chi connectivity index (χ3n) is 2.09. The van der Waals surface area contributed by atoms with Gasteiger partial charge in [-0.15, -0.1) is 0 Å². The second-order valence-electron chi connectivity index (χ2n) is 3.41. The van der Waals surface area contributed by atoms with Crippen molar-refractivity contribution in [3.63, 3.8) is 0 Å². The lowest BCUT2D eigenvalue weighted by molar-refractivity contribution is -0.139. The molecule has 0 aromatic heterocycles. The zero-order chi connectivity index (χ0) is 12.8. The summed E-state index contributed by atoms with van der Waals surface area (Å²) in [6.07, 6.45) is 0.342. The van der Waals surface area contributed by atoms with Gasteiger partial charge in [0.05, 0.1) is 0 Å². The molecule has 0 bridgehead atoms. The molecule has 0 aliphatic rings. The number of hydrogen-bond donors (Lipinski definition) is 3. The zero-order valence-corrected chi connectivity index (χ0v) is 11.4. The number of carbonyl (C=O) groups excluding carboxylic acids is 1. The lowest BCUT2D eigenvalue weighted by atomic mass is 10.2. The molecule has 0 spiro atoms. The summed E-state index contributed by atoms with van der Waals surface area (Å²) in [5.41, 5.74) is 0.634. The molecule has 3 N–H and O–H groups in total. The average molecular weight is 348 g/mol. The fraction of sp³-hybridized carbons (Fsp3) is 0.273. The number of urea groups is 1. The molecule has 0 unspecified atom stereocenters. The summed E-state index contributed by atoms with van der Waals surface area (Å²) in [5.74, 6) is -1.04. The van der Waals surface area contributed by atoms with Crippen LogP contribution < -0.4 is 10.6 Å². The molecule has 5 nitrogen and oxygen atoms in total. The monoisotopic (exact) mass is 348 g/mol. The smallest absolute Gasteiger partial charge is 0.326 e. The number of nitrogens with one attached hydrogen (secondary N) is 2. The number of aliphatic carboxylic acids is 1. The van der Waals surface area contributed by atoms with Gasteiger partial charge in [-0.2, -0.15) is 0 Å². The van der Waals surface area contributed by atoms with Gasteiger partial charge in [0.15, 0.2) is 0 Å². The molecule has 92 valence electrons. The predicted molar refractivity (Wildman–Crippen MR) is 73.0 cm³/mol. The minimum atomic E-state index is -1.04. The molecule has 0 saturated heterocycles. The molecule has 1 atom stereocenters. The number of carboxylic acid groups (broad SMARTS) is 1. The molecule has 1 aromatic rings. The van der Waals surface area contributed by atoms with Gasteiger partial charge in [-0.3, -0.25) is 0 Å². The third kappa shape index (κ3) is 4.59. The van der Waals surface area contributed by atoms with Gasteiger partial charge in [0.1, 0.15) is 6.04 Å². The van der Waals surface area contributed by atoms with Crippen LogP contribution >= 0.6 is 22.6 Å². The van der Waals surface area contributed by atoms with E-state index in [-0.39, 0.29) is 0 Å². The highest BCUT2D eigenvalue weighted by atomic mass is 127. The summed E-state index contributed by atoms with van der Waals surface area (Å²) in [4.78, 5) is 22.2. The maximum Gasteiger partial charge on any atom is 0.326 e. The number of hydrogen-bond acceptors (Lipinski definition) is 2. The molecule has 0 saturated carbocycles. The Morgan fingerprint density at radius 1 is 1.47 bits per heavy atom. The summed E-state index contributed by atoms with van der Waals surface area (Å²) < 4.78 is 0.991. The Labute approximate surface area is 113 Å². The maximum absolute atomic E-state index is 11.5. The molecule has 1 aromatic carbocycles. The lowest BCUT2D eigenvalue weighted by Crippen LogP contribution is -2.42. The first-order valence-electron chi connectivity index (χ1n) is 5.08. The van der Waals surface area contributed by atoms with Crippen LogP contribution in [0, 0.1) is 3.57 Å². The average Bonchev–Trinajstić information content (AvgIpc) is 2.25. The number of carbonyl (C=O) groups is 2. The maximum atomic E-state index is 11.5. The Balaban J connectivity index is 2.58. The Morgan fingerprint density at radius 3 is 2.71 bits per heavy atom. The van der Waals surface area contributed by atoms with E-state index in [0.29, 0.717) is 12.1 Å². The summed E-state index contributed by atoms with van der Waals surface area (Å²) in [6.45, 7) is 1.70. The zero-order valence-electron chi connectivity index (χ0n) is 9.24. The van der Waals surface area contributed by atoms with E-state index >= 15 is 0 Å². The molecular formula is C11H13IN2O3. The quantitative estimate of drug-likeness (QED) is 0.731. The Kier molecular flexibility index (Phi) is 5.20. The summed E-state index contributed by atoms with van der Waals surface area (Å²) in [5, 5.41) is 13.8. The fourth-order valence-corrected chi connectivity index (χ4v) is 1.77. The van der Waals surface area contributed by atoms with Crippen LogP contribution in [-0.4, -0.2) is 23.1 Å². The summed E-state index contributed by atoms with van der Waals surface area (Å²) in [7, 11) is 0. The highest BCUT2D eigenvalue weighted by Gasteiger charge is 2.17. The van der Waals surface area contributed by atoms with Crippen molar-refractivity contribution >= 4 is 40.3 Å². The van der Waals surface area contributed by atoms with Gasteiger partial charge in [-0.1, -0.05) is 13.0 Å². The van der Waals surface area contributed by atoms with Crippen LogP contribution in [0.1, 0.15) is 13.3 Å². The molecule has 0 fully saturated rings. The van der Waals surface area contributed by atoms with E-state index in [1.54, 1.807) is 19.1 Å². The van der Waals surface area contributed by atoms with Crippen LogP contribution in [-0.2, 0) is 4.79 Å². The van der Waals surface area contributed by atoms with Crippen molar-refractivity contribution in [3.8, 4) is 0 Å². The predicted octanol–water partition coefficient (Wildman–Crippen LogP) is 2.28. The van der Waals surface area contributed by atoms with Gasteiger partial charge in [0, 0.05) is 9.26 Å². The van der Waals surface area contributed by atoms with Crippen molar-refractivity contribution < 1.29 is 14.7 Å². The van der Waals surface area contributed by atoms with Crippen molar-refractivity contribution in [3.05, 3.63) is 27.8 Å². The summed E-state index contributed by atoms with van der Waals surface area (Å²) in [6, 6.07) is 5.87. The van der Waals surface area contributed by atoms with Crippen LogP contribution in [0.25, 0.3) is 0 Å². The Bertz CT molecular complexity index is 423. The van der Waals surface area contributed by atoms with E-state index in [0.717, 1.165) is 3.57 Å². The third-order valence-corrected chi connectivity index (χ3v) is 2.77. The van der Waals surface area contributed by atoms with Gasteiger partial charge in [0.2, 0.25) is 0 Å². The normalized spacial score (nSPS) is 11.6. The standard InChI is InChI=1S/C11H13IN2O3/c1-2-9(10(15)16)14-11(17)13-8-5-3-4-7(12)6-8/h3-6,9H,2H2,1H3,(H,15,16)(H2,13,14,17)/t9-/m1/s1. The molecule has 0 aliphatic carbocycles. The van der Waals surface area contributed by atoms with Gasteiger partial charge in [-0.05, 0) is 47.2 Å². The summed E-state index contributed by atoms with van der Waals surface area (Å²) >= 11 is 2.13. The van der Waals surface area contributed by atoms with Gasteiger partial charge in [0.25, 0.3) is 0 Å². The second kappa shape index (κ2) is 6.43. The number of benzene rings is 1. The van der Waals surface area contributed by atoms with Crippen molar-refractivity contribution in [2.45, 2.75) is 19.4 Å². The number of halogens is 1. The molecule has 0 radical (unpaired) electrons. The Morgan fingerprint density at radius 2 is 2.18 bits per heavy atom. The molecular weight excluding hydrogens is 335 g/mol. The van der Waals surface area contributed by atoms with Crippen LogP contribution in [0.15, 0.2) is 24.3 Å². The van der Waals surface area contributed by atoms with Crippen LogP contribution in [0.3, 0.4) is 0 Å². The molecule has 0 heterocycles. The minimum Gasteiger partial charge on any atom is -0.480 e.